The molecule has 7 heteroatoms. The molecule has 0 aliphatic rings. The van der Waals surface area contributed by atoms with Gasteiger partial charge in [-0.3, -0.25) is 0 Å². The van der Waals surface area contributed by atoms with E-state index < -0.39 is 0 Å². The number of aryl methyl sites for hydroxylation is 1. The van der Waals surface area contributed by atoms with Crippen LogP contribution in [0.1, 0.15) is 51.3 Å². The van der Waals surface area contributed by atoms with Crippen LogP contribution in [0.25, 0.3) is 10.9 Å². The molecule has 0 saturated carbocycles. The van der Waals surface area contributed by atoms with Crippen molar-refractivity contribution < 1.29 is 0 Å². The lowest BCUT2D eigenvalue weighted by Gasteiger charge is -2.23. The van der Waals surface area contributed by atoms with Gasteiger partial charge in [-0.05, 0) is 37.3 Å². The Morgan fingerprint density at radius 3 is 2.67 bits per heavy atom. The topological polar surface area (TPSA) is 92.3 Å². The Labute approximate surface area is 141 Å². The number of para-hydroxylation sites is 1. The Kier molecular flexibility index (Phi) is 4.42. The van der Waals surface area contributed by atoms with E-state index in [-0.39, 0.29) is 11.5 Å². The van der Waals surface area contributed by atoms with Crippen molar-refractivity contribution >= 4 is 16.7 Å². The van der Waals surface area contributed by atoms with Gasteiger partial charge in [0, 0.05) is 5.39 Å². The van der Waals surface area contributed by atoms with Crippen LogP contribution in [0.2, 0.25) is 0 Å². The van der Waals surface area contributed by atoms with Crippen molar-refractivity contribution in [2.24, 2.45) is 5.41 Å². The van der Waals surface area contributed by atoms with Gasteiger partial charge in [0.25, 0.3) is 0 Å². The van der Waals surface area contributed by atoms with Crippen LogP contribution in [0, 0.1) is 12.3 Å². The minimum atomic E-state index is -0.0549. The first-order chi connectivity index (χ1) is 11.4. The highest BCUT2D eigenvalue weighted by atomic mass is 15.5. The van der Waals surface area contributed by atoms with Gasteiger partial charge >= 0.3 is 0 Å². The molecule has 126 valence electrons. The van der Waals surface area contributed by atoms with E-state index in [2.05, 4.69) is 56.7 Å². The van der Waals surface area contributed by atoms with Crippen molar-refractivity contribution in [3.63, 3.8) is 0 Å². The van der Waals surface area contributed by atoms with E-state index in [1.54, 1.807) is 0 Å². The summed E-state index contributed by atoms with van der Waals surface area (Å²) in [5.41, 5.74) is 1.16. The fourth-order valence-electron chi connectivity index (χ4n) is 2.63. The van der Waals surface area contributed by atoms with Gasteiger partial charge in [0.05, 0.1) is 11.6 Å². The number of rotatable bonds is 5. The summed E-state index contributed by atoms with van der Waals surface area (Å²) < 4.78 is 0. The number of H-pyrrole nitrogens is 1. The highest BCUT2D eigenvalue weighted by Gasteiger charge is 2.21. The second-order valence-electron chi connectivity index (χ2n) is 7.20. The molecular formula is C17H23N7. The van der Waals surface area contributed by atoms with Gasteiger partial charge in [0.2, 0.25) is 0 Å². The Morgan fingerprint density at radius 1 is 1.17 bits per heavy atom. The van der Waals surface area contributed by atoms with Crippen LogP contribution in [0.15, 0.2) is 24.3 Å². The molecule has 3 rings (SSSR count). The summed E-state index contributed by atoms with van der Waals surface area (Å²) >= 11 is 0. The molecule has 0 bridgehead atoms. The fourth-order valence-corrected chi connectivity index (χ4v) is 2.63. The summed E-state index contributed by atoms with van der Waals surface area (Å²) in [4.78, 5) is 9.08. The van der Waals surface area contributed by atoms with Crippen molar-refractivity contribution in [1.82, 2.24) is 30.6 Å². The van der Waals surface area contributed by atoms with E-state index in [0.29, 0.717) is 5.82 Å². The molecule has 0 aliphatic carbocycles. The maximum absolute atomic E-state index is 4.59. The summed E-state index contributed by atoms with van der Waals surface area (Å²) in [6, 6.07) is 7.93. The van der Waals surface area contributed by atoms with Gasteiger partial charge < -0.3 is 5.32 Å². The third kappa shape index (κ3) is 3.84. The zero-order valence-electron chi connectivity index (χ0n) is 14.5. The first-order valence-electron chi connectivity index (χ1n) is 8.16. The van der Waals surface area contributed by atoms with Gasteiger partial charge in [0.1, 0.15) is 11.6 Å². The highest BCUT2D eigenvalue weighted by Crippen LogP contribution is 2.30. The van der Waals surface area contributed by atoms with E-state index in [1.807, 2.05) is 31.2 Å². The summed E-state index contributed by atoms with van der Waals surface area (Å²) in [6.45, 7) is 8.58. The molecule has 0 spiro atoms. The first-order valence-corrected chi connectivity index (χ1v) is 8.16. The third-order valence-electron chi connectivity index (χ3n) is 3.88. The predicted molar refractivity (Wildman–Crippen MR) is 93.5 cm³/mol. The zero-order valence-corrected chi connectivity index (χ0v) is 14.5. The lowest BCUT2D eigenvalue weighted by Crippen LogP contribution is -2.17. The SMILES string of the molecule is Cc1nc(NC(CCC(C)(C)C)c2nn[nH]n2)c2ccccc2n1. The van der Waals surface area contributed by atoms with Crippen molar-refractivity contribution in [2.75, 3.05) is 5.32 Å². The second kappa shape index (κ2) is 6.51. The van der Waals surface area contributed by atoms with Crippen molar-refractivity contribution in [3.05, 3.63) is 35.9 Å². The number of nitrogens with one attached hydrogen (secondary N) is 2. The Hall–Kier alpha value is -2.57. The molecule has 2 aromatic heterocycles. The zero-order chi connectivity index (χ0) is 17.2. The van der Waals surface area contributed by atoms with Crippen LogP contribution in [0.3, 0.4) is 0 Å². The van der Waals surface area contributed by atoms with Crippen LogP contribution in [-0.2, 0) is 0 Å². The molecule has 2 N–H and O–H groups in total. The number of tetrazole rings is 1. The number of hydrogen-bond donors (Lipinski definition) is 2. The highest BCUT2D eigenvalue weighted by molar-refractivity contribution is 5.89. The quantitative estimate of drug-likeness (QED) is 0.746. The maximum Gasteiger partial charge on any atom is 0.196 e. The Balaban J connectivity index is 1.93. The van der Waals surface area contributed by atoms with Gasteiger partial charge in [-0.15, -0.1) is 10.2 Å². The number of aromatic nitrogens is 6. The standard InChI is InChI=1S/C17H23N7/c1-11-18-13-8-6-5-7-12(13)15(19-11)20-14(9-10-17(2,3)4)16-21-23-24-22-16/h5-8,14H,9-10H2,1-4H3,(H,18,19,20)(H,21,22,23,24). The Morgan fingerprint density at radius 2 is 1.96 bits per heavy atom. The summed E-state index contributed by atoms with van der Waals surface area (Å²) in [5, 5.41) is 19.1. The number of fused-ring (bicyclic) bond motifs is 1. The van der Waals surface area contributed by atoms with Crippen LogP contribution >= 0.6 is 0 Å². The van der Waals surface area contributed by atoms with Crippen LogP contribution in [0.5, 0.6) is 0 Å². The smallest absolute Gasteiger partial charge is 0.196 e. The molecule has 0 aliphatic heterocycles. The monoisotopic (exact) mass is 325 g/mol. The second-order valence-corrected chi connectivity index (χ2v) is 7.20. The lowest BCUT2D eigenvalue weighted by molar-refractivity contribution is 0.352. The molecule has 24 heavy (non-hydrogen) atoms. The summed E-state index contributed by atoms with van der Waals surface area (Å²) in [7, 11) is 0. The van der Waals surface area contributed by atoms with E-state index in [0.717, 1.165) is 35.4 Å². The molecule has 0 radical (unpaired) electrons. The lowest BCUT2D eigenvalue weighted by atomic mass is 9.88. The maximum atomic E-state index is 4.59. The average molecular weight is 325 g/mol. The first kappa shape index (κ1) is 16.3. The van der Waals surface area contributed by atoms with Crippen LogP contribution < -0.4 is 5.32 Å². The molecule has 0 fully saturated rings. The van der Waals surface area contributed by atoms with Crippen molar-refractivity contribution in [3.8, 4) is 0 Å². The fraction of sp³-hybridized carbons (Fsp3) is 0.471. The molecular weight excluding hydrogens is 302 g/mol. The van der Waals surface area contributed by atoms with Crippen molar-refractivity contribution in [1.29, 1.82) is 0 Å². The molecule has 2 heterocycles. The van der Waals surface area contributed by atoms with E-state index >= 15 is 0 Å². The van der Waals surface area contributed by atoms with Crippen LogP contribution in [-0.4, -0.2) is 30.6 Å². The summed E-state index contributed by atoms with van der Waals surface area (Å²) in [5.74, 6) is 2.19. The Bertz CT molecular complexity index is 805. The number of hydrogen-bond acceptors (Lipinski definition) is 6. The van der Waals surface area contributed by atoms with Gasteiger partial charge in [-0.1, -0.05) is 38.1 Å². The van der Waals surface area contributed by atoms with Gasteiger partial charge in [-0.2, -0.15) is 5.21 Å². The molecule has 1 aromatic carbocycles. The van der Waals surface area contributed by atoms with Crippen molar-refractivity contribution in [2.45, 2.75) is 46.6 Å². The minimum Gasteiger partial charge on any atom is -0.359 e. The number of nitrogens with zero attached hydrogens (tertiary/aromatic N) is 5. The van der Waals surface area contributed by atoms with Gasteiger partial charge in [0.15, 0.2) is 5.82 Å². The van der Waals surface area contributed by atoms with E-state index in [1.165, 1.54) is 0 Å². The number of anilines is 1. The predicted octanol–water partition coefficient (Wildman–Crippen LogP) is 3.43. The average Bonchev–Trinajstić information content (AvgIpc) is 3.04. The molecule has 1 unspecified atom stereocenters. The third-order valence-corrected chi connectivity index (χ3v) is 3.88. The molecule has 7 nitrogen and oxygen atoms in total. The molecule has 1 atom stereocenters. The molecule has 0 amide bonds. The molecule has 0 saturated heterocycles. The van der Waals surface area contributed by atoms with Crippen LogP contribution in [0.4, 0.5) is 5.82 Å². The summed E-state index contributed by atoms with van der Waals surface area (Å²) in [6.07, 6.45) is 1.92. The molecule has 3 aromatic rings. The van der Waals surface area contributed by atoms with E-state index in [4.69, 9.17) is 0 Å². The number of benzene rings is 1. The van der Waals surface area contributed by atoms with Gasteiger partial charge in [-0.25, -0.2) is 9.97 Å². The minimum absolute atomic E-state index is 0.0549. The normalized spacial score (nSPS) is 13.2. The number of aromatic amines is 1. The largest absolute Gasteiger partial charge is 0.359 e. The van der Waals surface area contributed by atoms with E-state index in [9.17, 15) is 0 Å².